The molecule has 0 saturated carbocycles. The summed E-state index contributed by atoms with van der Waals surface area (Å²) in [5, 5.41) is 6.23. The summed E-state index contributed by atoms with van der Waals surface area (Å²) in [6.07, 6.45) is 8.11. The van der Waals surface area contributed by atoms with Crippen molar-refractivity contribution in [3.63, 3.8) is 0 Å². The van der Waals surface area contributed by atoms with Crippen molar-refractivity contribution in [1.29, 1.82) is 0 Å². The molecule has 4 aromatic heterocycles. The van der Waals surface area contributed by atoms with Gasteiger partial charge in [-0.25, -0.2) is 14.4 Å². The average Bonchev–Trinajstić information content (AvgIpc) is 3.13. The van der Waals surface area contributed by atoms with Crippen LogP contribution < -0.4 is 15.5 Å². The number of hydrogen-bond donors (Lipinski definition) is 2. The van der Waals surface area contributed by atoms with Gasteiger partial charge in [0.1, 0.15) is 11.0 Å². The summed E-state index contributed by atoms with van der Waals surface area (Å²) in [5.41, 5.74) is 3.18. The smallest absolute Gasteiger partial charge is 0.276 e. The number of nitrogens with zero attached hydrogens (tertiary/aromatic N) is 6. The van der Waals surface area contributed by atoms with Gasteiger partial charge in [0.05, 0.1) is 23.3 Å². The molecule has 0 radical (unpaired) electrons. The lowest BCUT2D eigenvalue weighted by Crippen LogP contribution is -2.54. The molecule has 1 aliphatic rings. The number of carbonyl (C=O) groups is 1. The number of carbonyl (C=O) groups excluding carboxylic acids is 1. The number of imidazole rings is 1. The molecule has 164 valence electrons. The van der Waals surface area contributed by atoms with Crippen molar-refractivity contribution in [1.82, 2.24) is 29.7 Å². The van der Waals surface area contributed by atoms with E-state index in [9.17, 15) is 9.18 Å². The zero-order valence-corrected chi connectivity index (χ0v) is 18.0. The largest absolute Gasteiger partial charge is 0.365 e. The van der Waals surface area contributed by atoms with Crippen LogP contribution in [0.1, 0.15) is 30.0 Å². The zero-order valence-electron chi connectivity index (χ0n) is 18.0. The molecular formula is C22H23FN8O. The normalized spacial score (nSPS) is 18.9. The van der Waals surface area contributed by atoms with Gasteiger partial charge in [-0.15, -0.1) is 0 Å². The number of halogens is 1. The summed E-state index contributed by atoms with van der Waals surface area (Å²) in [5.74, 6) is -1.01. The molecule has 4 aromatic rings. The Hall–Kier alpha value is -3.66. The van der Waals surface area contributed by atoms with E-state index < -0.39 is 11.7 Å². The van der Waals surface area contributed by atoms with Crippen LogP contribution in [0.4, 0.5) is 15.8 Å². The monoisotopic (exact) mass is 434 g/mol. The fourth-order valence-electron chi connectivity index (χ4n) is 4.31. The molecule has 5 rings (SSSR count). The number of fused-ring (bicyclic) bond motifs is 2. The van der Waals surface area contributed by atoms with Crippen molar-refractivity contribution < 1.29 is 9.18 Å². The van der Waals surface area contributed by atoms with Gasteiger partial charge in [0.2, 0.25) is 0 Å². The average molecular weight is 434 g/mol. The Morgan fingerprint density at radius 3 is 2.59 bits per heavy atom. The number of aryl methyl sites for hydroxylation is 1. The lowest BCUT2D eigenvalue weighted by Gasteiger charge is -2.37. The molecule has 5 heterocycles. The Kier molecular flexibility index (Phi) is 4.93. The van der Waals surface area contributed by atoms with Crippen molar-refractivity contribution in [2.75, 3.05) is 23.3 Å². The SMILES string of the molecule is Cc1cn2cc(NC(=O)c3ncc(N4C[C@@H](C)N[C@H](C)C4)c4nccnc34)cc(F)c2n1. The van der Waals surface area contributed by atoms with E-state index in [-0.39, 0.29) is 11.3 Å². The lowest BCUT2D eigenvalue weighted by atomic mass is 10.1. The van der Waals surface area contributed by atoms with Crippen molar-refractivity contribution in [3.05, 3.63) is 54.3 Å². The highest BCUT2D eigenvalue weighted by molar-refractivity contribution is 6.11. The Bertz CT molecular complexity index is 1330. The third-order valence-corrected chi connectivity index (χ3v) is 5.48. The number of amides is 1. The molecule has 0 bridgehead atoms. The number of piperazine rings is 1. The van der Waals surface area contributed by atoms with Crippen molar-refractivity contribution in [2.45, 2.75) is 32.9 Å². The van der Waals surface area contributed by atoms with Crippen LogP contribution in [0.15, 0.2) is 37.1 Å². The Balaban J connectivity index is 1.50. The highest BCUT2D eigenvalue weighted by Crippen LogP contribution is 2.27. The van der Waals surface area contributed by atoms with Gasteiger partial charge >= 0.3 is 0 Å². The van der Waals surface area contributed by atoms with Crippen LogP contribution in [0.2, 0.25) is 0 Å². The summed E-state index contributed by atoms with van der Waals surface area (Å²) in [4.78, 5) is 32.7. The topological polar surface area (TPSA) is 100 Å². The summed E-state index contributed by atoms with van der Waals surface area (Å²) < 4.78 is 15.9. The molecule has 0 aromatic carbocycles. The molecule has 9 nitrogen and oxygen atoms in total. The molecule has 32 heavy (non-hydrogen) atoms. The van der Waals surface area contributed by atoms with E-state index in [1.165, 1.54) is 12.3 Å². The summed E-state index contributed by atoms with van der Waals surface area (Å²) in [6.45, 7) is 7.63. The van der Waals surface area contributed by atoms with Crippen LogP contribution in [-0.2, 0) is 0 Å². The van der Waals surface area contributed by atoms with Crippen LogP contribution in [0.3, 0.4) is 0 Å². The first kappa shape index (κ1) is 20.3. The number of nitrogens with one attached hydrogen (secondary N) is 2. The molecule has 2 N–H and O–H groups in total. The van der Waals surface area contributed by atoms with Crippen LogP contribution in [-0.4, -0.2) is 55.4 Å². The Morgan fingerprint density at radius 2 is 1.84 bits per heavy atom. The maximum atomic E-state index is 14.4. The number of pyridine rings is 2. The highest BCUT2D eigenvalue weighted by atomic mass is 19.1. The van der Waals surface area contributed by atoms with Gasteiger partial charge in [-0.1, -0.05) is 0 Å². The minimum absolute atomic E-state index is 0.135. The van der Waals surface area contributed by atoms with Crippen molar-refractivity contribution in [3.8, 4) is 0 Å². The first-order chi connectivity index (χ1) is 15.4. The second-order valence-corrected chi connectivity index (χ2v) is 8.26. The van der Waals surface area contributed by atoms with Gasteiger partial charge < -0.3 is 19.9 Å². The number of hydrogen-bond acceptors (Lipinski definition) is 7. The van der Waals surface area contributed by atoms with Gasteiger partial charge in [-0.05, 0) is 20.8 Å². The lowest BCUT2D eigenvalue weighted by molar-refractivity contribution is 0.102. The molecule has 0 spiro atoms. The maximum absolute atomic E-state index is 14.4. The van der Waals surface area contributed by atoms with Gasteiger partial charge in [-0.2, -0.15) is 0 Å². The number of anilines is 2. The third-order valence-electron chi connectivity index (χ3n) is 5.48. The van der Waals surface area contributed by atoms with E-state index in [4.69, 9.17) is 0 Å². The predicted molar refractivity (Wildman–Crippen MR) is 119 cm³/mol. The van der Waals surface area contributed by atoms with E-state index in [0.29, 0.717) is 34.5 Å². The van der Waals surface area contributed by atoms with E-state index >= 15 is 0 Å². The fraction of sp³-hybridized carbons (Fsp3) is 0.318. The van der Waals surface area contributed by atoms with Gasteiger partial charge in [-0.3, -0.25) is 14.8 Å². The van der Waals surface area contributed by atoms with Gasteiger partial charge in [0.25, 0.3) is 5.91 Å². The van der Waals surface area contributed by atoms with Crippen LogP contribution in [0, 0.1) is 12.7 Å². The zero-order chi connectivity index (χ0) is 22.4. The summed E-state index contributed by atoms with van der Waals surface area (Å²) in [7, 11) is 0. The molecular weight excluding hydrogens is 411 g/mol. The van der Waals surface area contributed by atoms with Crippen molar-refractivity contribution in [2.24, 2.45) is 0 Å². The van der Waals surface area contributed by atoms with Crippen LogP contribution >= 0.6 is 0 Å². The molecule has 2 atom stereocenters. The number of aromatic nitrogens is 5. The second-order valence-electron chi connectivity index (χ2n) is 8.26. The van der Waals surface area contributed by atoms with E-state index in [1.54, 1.807) is 36.1 Å². The van der Waals surface area contributed by atoms with E-state index in [2.05, 4.69) is 49.3 Å². The van der Waals surface area contributed by atoms with Crippen molar-refractivity contribution >= 4 is 34.0 Å². The molecule has 0 aliphatic carbocycles. The van der Waals surface area contributed by atoms with Crippen LogP contribution in [0.5, 0.6) is 0 Å². The molecule has 1 fully saturated rings. The molecule has 1 amide bonds. The summed E-state index contributed by atoms with van der Waals surface area (Å²) >= 11 is 0. The third kappa shape index (κ3) is 3.62. The fourth-order valence-corrected chi connectivity index (χ4v) is 4.31. The first-order valence-corrected chi connectivity index (χ1v) is 10.5. The molecule has 0 unspecified atom stereocenters. The predicted octanol–water partition coefficient (Wildman–Crippen LogP) is 2.56. The second kappa shape index (κ2) is 7.79. The van der Waals surface area contributed by atoms with E-state index in [1.807, 2.05) is 0 Å². The maximum Gasteiger partial charge on any atom is 0.276 e. The summed E-state index contributed by atoms with van der Waals surface area (Å²) in [6, 6.07) is 1.86. The van der Waals surface area contributed by atoms with E-state index in [0.717, 1.165) is 18.8 Å². The minimum atomic E-state index is -0.522. The minimum Gasteiger partial charge on any atom is -0.365 e. The highest BCUT2D eigenvalue weighted by Gasteiger charge is 2.25. The Morgan fingerprint density at radius 1 is 1.12 bits per heavy atom. The van der Waals surface area contributed by atoms with Gasteiger partial charge in [0.15, 0.2) is 17.2 Å². The standard InChI is InChI=1S/C22H23FN8O/c1-12-8-30(9-13(2)27-12)17-7-26-20(19-18(17)24-4-5-25-19)22(32)29-15-6-16(23)21-28-14(3)10-31(21)11-15/h4-7,10-13,27H,8-9H2,1-3H3,(H,29,32)/t12-,13-/m1/s1. The number of rotatable bonds is 3. The van der Waals surface area contributed by atoms with Crippen LogP contribution in [0.25, 0.3) is 16.7 Å². The Labute approximate surface area is 183 Å². The molecule has 10 heteroatoms. The quantitative estimate of drug-likeness (QED) is 0.511. The van der Waals surface area contributed by atoms with Gasteiger partial charge in [0, 0.05) is 56.0 Å². The molecule has 1 saturated heterocycles. The first-order valence-electron chi connectivity index (χ1n) is 10.5. The molecule has 1 aliphatic heterocycles.